The monoisotopic (exact) mass is 1140 g/mol. The number of benzene rings is 4. The van der Waals surface area contributed by atoms with Crippen molar-refractivity contribution in [3.8, 4) is 0 Å². The van der Waals surface area contributed by atoms with Crippen LogP contribution in [0.4, 0.5) is 11.4 Å². The average molecular weight is 1140 g/mol. The van der Waals surface area contributed by atoms with E-state index in [0.29, 0.717) is 58.4 Å². The van der Waals surface area contributed by atoms with Gasteiger partial charge in [-0.15, -0.1) is 5.06 Å². The molecule has 1 saturated heterocycles. The number of carbonyl (C=O) groups is 3. The molecular formula is C47H49N3O20S5-4. The number of carbonyl (C=O) groups excluding carboxylic acids is 3. The Labute approximate surface area is 433 Å². The normalized spacial score (nSPS) is 20.1. The Bertz CT molecular complexity index is 3740. The highest BCUT2D eigenvalue weighted by molar-refractivity contribution is 7.87. The van der Waals surface area contributed by atoms with E-state index >= 15 is 0 Å². The number of amides is 2. The van der Waals surface area contributed by atoms with Crippen LogP contribution in [0.15, 0.2) is 92.0 Å². The molecule has 4 aromatic carbocycles. The Morgan fingerprint density at radius 2 is 1.25 bits per heavy atom. The fourth-order valence-corrected chi connectivity index (χ4v) is 13.6. The number of fused-ring (bicyclic) bond motifs is 6. The first-order chi connectivity index (χ1) is 34.8. The van der Waals surface area contributed by atoms with Gasteiger partial charge >= 0.3 is 5.97 Å². The minimum absolute atomic E-state index is 0.0316. The van der Waals surface area contributed by atoms with Crippen LogP contribution < -0.4 is 4.90 Å². The lowest BCUT2D eigenvalue weighted by Gasteiger charge is -2.31. The van der Waals surface area contributed by atoms with E-state index in [-0.39, 0.29) is 91.8 Å². The molecule has 2 amide bonds. The standard InChI is InChI=1S/C47H53N3O20S5/c1-5-48-35-16-14-31-33(25-29(72(57,58)59)27-37(31)74(63,64)65)44(35)46(2,20-10-24-71(54,55)56)39(48)11-9-12-40-47(3,21-23-69-4)45-34-26-30(73(60,61)62)28-38(75(66,67)68)32(34)15-17-36(45)49(40)22-8-6-7-13-43(53)70-50-41(51)18-19-42(50)52/h9,11-12,14-17,25-28H,5-8,10,13,18-24H2,1-4H3,(H4-,54,55,56,57,58,59,60,61,62,63,64,65,66,67,68)/p-4. The Balaban J connectivity index is 1.42. The largest absolute Gasteiger partial charge is 0.748 e. The number of hydroxylamine groups is 2. The van der Waals surface area contributed by atoms with Gasteiger partial charge in [-0.2, -0.15) is 4.58 Å². The minimum atomic E-state index is -5.43. The first-order valence-corrected chi connectivity index (χ1v) is 30.3. The van der Waals surface area contributed by atoms with Crippen LogP contribution in [-0.2, 0) is 85.4 Å². The molecule has 4 aromatic rings. The summed E-state index contributed by atoms with van der Waals surface area (Å²) >= 11 is 0. The first-order valence-electron chi connectivity index (χ1n) is 23.1. The van der Waals surface area contributed by atoms with Crippen molar-refractivity contribution in [3.05, 3.63) is 83.6 Å². The van der Waals surface area contributed by atoms with Crippen LogP contribution in [0, 0.1) is 0 Å². The summed E-state index contributed by atoms with van der Waals surface area (Å²) in [5.41, 5.74) is -0.610. The van der Waals surface area contributed by atoms with E-state index in [1.807, 2.05) is 4.58 Å². The van der Waals surface area contributed by atoms with E-state index in [9.17, 15) is 79.2 Å². The van der Waals surface area contributed by atoms with Gasteiger partial charge in [0.15, 0.2) is 5.71 Å². The molecule has 3 aliphatic rings. The van der Waals surface area contributed by atoms with Crippen molar-refractivity contribution < 1.29 is 93.4 Å². The molecule has 7 rings (SSSR count). The molecular weight excluding hydrogens is 1090 g/mol. The molecule has 406 valence electrons. The van der Waals surface area contributed by atoms with Crippen molar-refractivity contribution in [2.45, 2.75) is 109 Å². The van der Waals surface area contributed by atoms with E-state index in [1.165, 1.54) is 31.4 Å². The van der Waals surface area contributed by atoms with Crippen molar-refractivity contribution in [2.75, 3.05) is 37.5 Å². The number of nitrogens with zero attached hydrogens (tertiary/aromatic N) is 3. The molecule has 3 aliphatic heterocycles. The summed E-state index contributed by atoms with van der Waals surface area (Å²) in [6.07, 6.45) is 5.08. The molecule has 28 heteroatoms. The van der Waals surface area contributed by atoms with Gasteiger partial charge in [0, 0.05) is 91.6 Å². The average Bonchev–Trinajstić information content (AvgIpc) is 3.84. The lowest BCUT2D eigenvalue weighted by molar-refractivity contribution is -0.438. The van der Waals surface area contributed by atoms with Gasteiger partial charge in [0.2, 0.25) is 5.69 Å². The van der Waals surface area contributed by atoms with Gasteiger partial charge in [-0.25, -0.2) is 46.9 Å². The van der Waals surface area contributed by atoms with Crippen LogP contribution in [0.2, 0.25) is 0 Å². The predicted molar refractivity (Wildman–Crippen MR) is 260 cm³/mol. The van der Waals surface area contributed by atoms with Crippen molar-refractivity contribution in [2.24, 2.45) is 0 Å². The molecule has 2 atom stereocenters. The minimum Gasteiger partial charge on any atom is -0.748 e. The van der Waals surface area contributed by atoms with Crippen LogP contribution in [-0.4, -0.2) is 131 Å². The number of rotatable bonds is 21. The summed E-state index contributed by atoms with van der Waals surface area (Å²) < 4.78 is 194. The van der Waals surface area contributed by atoms with E-state index in [2.05, 4.69) is 0 Å². The number of likely N-dealkylation sites (N-methyl/N-ethyl adjacent to an activating group) is 1. The quantitative estimate of drug-likeness (QED) is 0.0496. The molecule has 0 aromatic heterocycles. The molecule has 0 aliphatic carbocycles. The highest BCUT2D eigenvalue weighted by Gasteiger charge is 2.49. The maximum Gasteiger partial charge on any atom is 0.333 e. The highest BCUT2D eigenvalue weighted by Crippen LogP contribution is 2.54. The van der Waals surface area contributed by atoms with Crippen molar-refractivity contribution in [1.82, 2.24) is 5.06 Å². The van der Waals surface area contributed by atoms with Crippen molar-refractivity contribution in [3.63, 3.8) is 0 Å². The summed E-state index contributed by atoms with van der Waals surface area (Å²) in [5.74, 6) is -2.97. The van der Waals surface area contributed by atoms with Crippen molar-refractivity contribution >= 4 is 107 Å². The fraction of sp³-hybridized carbons (Fsp3) is 0.404. The lowest BCUT2D eigenvalue weighted by Crippen LogP contribution is -2.33. The maximum atomic E-state index is 12.7. The van der Waals surface area contributed by atoms with Gasteiger partial charge in [0.1, 0.15) is 47.0 Å². The van der Waals surface area contributed by atoms with Gasteiger partial charge in [0.05, 0.1) is 35.1 Å². The van der Waals surface area contributed by atoms with E-state index in [0.717, 1.165) is 12.1 Å². The van der Waals surface area contributed by atoms with Crippen LogP contribution in [0.1, 0.15) is 89.7 Å². The Morgan fingerprint density at radius 3 is 1.77 bits per heavy atom. The summed E-state index contributed by atoms with van der Waals surface area (Å²) in [5, 5.41) is -0.184. The third-order valence-corrected chi connectivity index (χ3v) is 17.9. The van der Waals surface area contributed by atoms with Crippen LogP contribution >= 0.6 is 0 Å². The number of methoxy groups -OCH3 is 1. The Morgan fingerprint density at radius 1 is 0.693 bits per heavy atom. The van der Waals surface area contributed by atoms with Gasteiger partial charge in [-0.3, -0.25) is 9.59 Å². The molecule has 1 fully saturated rings. The SMILES string of the molecule is CCN1/C(=C/C=C/C2=[N+](CCCCCC(=O)ON3C(=O)CCC3=O)c3ccc4c(S(=O)(=O)[O-])cc(S(=O)(=O)[O-])cc4c3C2(C)CCOC)C(C)(CCCS(=O)(=O)[O-])c2c1ccc1c(S(=O)(=O)[O-])cc(S(=O)(=O)[O-])cc21. The summed E-state index contributed by atoms with van der Waals surface area (Å²) in [6.45, 7) is 5.45. The summed E-state index contributed by atoms with van der Waals surface area (Å²) in [6, 6.07) is 8.46. The number of imide groups is 1. The molecule has 0 saturated carbocycles. The van der Waals surface area contributed by atoms with E-state index in [4.69, 9.17) is 9.57 Å². The number of hydrogen-bond donors (Lipinski definition) is 0. The second-order valence-electron chi connectivity index (χ2n) is 18.6. The summed E-state index contributed by atoms with van der Waals surface area (Å²) in [4.78, 5) is 39.4. The Kier molecular flexibility index (Phi) is 15.8. The smallest absolute Gasteiger partial charge is 0.333 e. The maximum absolute atomic E-state index is 12.7. The van der Waals surface area contributed by atoms with Gasteiger partial charge in [0.25, 0.3) is 11.8 Å². The number of allylic oxidation sites excluding steroid dienone is 4. The Hall–Kier alpha value is -5.53. The zero-order valence-corrected chi connectivity index (χ0v) is 44.7. The predicted octanol–water partition coefficient (Wildman–Crippen LogP) is 3.73. The molecule has 75 heavy (non-hydrogen) atoms. The van der Waals surface area contributed by atoms with E-state index in [1.54, 1.807) is 43.9 Å². The lowest BCUT2D eigenvalue weighted by atomic mass is 9.74. The van der Waals surface area contributed by atoms with Gasteiger partial charge in [-0.1, -0.05) is 12.1 Å². The van der Waals surface area contributed by atoms with E-state index < -0.39 is 105 Å². The molecule has 0 radical (unpaired) electrons. The van der Waals surface area contributed by atoms with Gasteiger partial charge in [-0.05, 0) is 117 Å². The number of hydrogen-bond acceptors (Lipinski definition) is 21. The molecule has 2 unspecified atom stereocenters. The molecule has 0 N–H and O–H groups in total. The van der Waals surface area contributed by atoms with Crippen LogP contribution in [0.3, 0.4) is 0 Å². The third-order valence-electron chi connectivity index (χ3n) is 13.8. The fourth-order valence-electron chi connectivity index (χ4n) is 10.4. The number of ether oxygens (including phenoxy) is 1. The van der Waals surface area contributed by atoms with Crippen LogP contribution in [0.5, 0.6) is 0 Å². The topological polar surface area (TPSA) is 365 Å². The zero-order chi connectivity index (χ0) is 55.4. The molecule has 3 heterocycles. The summed E-state index contributed by atoms with van der Waals surface area (Å²) in [7, 11) is -25.0. The second-order valence-corrected chi connectivity index (χ2v) is 25.6. The zero-order valence-electron chi connectivity index (χ0n) is 40.6. The molecule has 0 bridgehead atoms. The third kappa shape index (κ3) is 11.5. The van der Waals surface area contributed by atoms with Crippen LogP contribution in [0.25, 0.3) is 21.5 Å². The highest BCUT2D eigenvalue weighted by atomic mass is 32.2. The molecule has 23 nitrogen and oxygen atoms in total. The first kappa shape index (κ1) is 57.2. The number of unbranched alkanes of at least 4 members (excludes halogenated alkanes) is 2. The second kappa shape index (κ2) is 20.8. The van der Waals surface area contributed by atoms with Crippen molar-refractivity contribution in [1.29, 1.82) is 0 Å². The number of anilines is 1. The molecule has 0 spiro atoms. The van der Waals surface area contributed by atoms with Gasteiger partial charge < -0.3 is 37.2 Å².